The van der Waals surface area contributed by atoms with Gasteiger partial charge in [-0.3, -0.25) is 0 Å². The number of hydrogen-bond donors (Lipinski definition) is 1. The van der Waals surface area contributed by atoms with Crippen LogP contribution in [0.2, 0.25) is 0 Å². The van der Waals surface area contributed by atoms with Crippen molar-refractivity contribution in [3.8, 4) is 6.07 Å². The van der Waals surface area contributed by atoms with Crippen LogP contribution >= 0.6 is 0 Å². The minimum atomic E-state index is 0.593. The molecular weight excluding hydrogens is 212 g/mol. The third kappa shape index (κ3) is 11.7. The topological polar surface area (TPSA) is 45.0 Å². The van der Waals surface area contributed by atoms with Crippen LogP contribution in [0, 0.1) is 17.2 Å². The molecule has 0 amide bonds. The summed E-state index contributed by atoms with van der Waals surface area (Å²) >= 11 is 0. The van der Waals surface area contributed by atoms with Gasteiger partial charge in [-0.05, 0) is 25.3 Å². The highest BCUT2D eigenvalue weighted by molar-refractivity contribution is 4.69. The van der Waals surface area contributed by atoms with Crippen LogP contribution in [0.1, 0.15) is 52.4 Å². The molecule has 0 bridgehead atoms. The Bertz CT molecular complexity index is 189. The second-order valence-electron chi connectivity index (χ2n) is 4.50. The van der Waals surface area contributed by atoms with Crippen molar-refractivity contribution in [1.82, 2.24) is 5.32 Å². The van der Waals surface area contributed by atoms with Gasteiger partial charge in [-0.25, -0.2) is 0 Å². The number of rotatable bonds is 12. The first kappa shape index (κ1) is 16.4. The molecule has 0 spiro atoms. The Labute approximate surface area is 107 Å². The molecule has 0 radical (unpaired) electrons. The van der Waals surface area contributed by atoms with Crippen molar-refractivity contribution in [3.63, 3.8) is 0 Å². The van der Waals surface area contributed by atoms with E-state index in [2.05, 4.69) is 25.2 Å². The van der Waals surface area contributed by atoms with Gasteiger partial charge in [0.1, 0.15) is 0 Å². The molecular formula is C14H28N2O. The molecule has 100 valence electrons. The molecule has 0 heterocycles. The smallest absolute Gasteiger partial charge is 0.0635 e. The summed E-state index contributed by atoms with van der Waals surface area (Å²) in [5.74, 6) is 0.737. The van der Waals surface area contributed by atoms with Gasteiger partial charge in [0.05, 0.1) is 6.07 Å². The van der Waals surface area contributed by atoms with Gasteiger partial charge in [0.2, 0.25) is 0 Å². The summed E-state index contributed by atoms with van der Waals surface area (Å²) in [4.78, 5) is 0. The highest BCUT2D eigenvalue weighted by Gasteiger charge is 2.05. The van der Waals surface area contributed by atoms with Gasteiger partial charge in [0, 0.05) is 26.2 Å². The Morgan fingerprint density at radius 3 is 2.71 bits per heavy atom. The molecule has 1 N–H and O–H groups in total. The molecule has 1 atom stereocenters. The summed E-state index contributed by atoms with van der Waals surface area (Å²) in [6.07, 6.45) is 6.75. The molecule has 3 nitrogen and oxygen atoms in total. The zero-order chi connectivity index (χ0) is 12.8. The lowest BCUT2D eigenvalue weighted by Crippen LogP contribution is -2.18. The average molecular weight is 240 g/mol. The number of unbranched alkanes of at least 4 members (excludes halogenated alkanes) is 1. The number of nitrogens with one attached hydrogen (secondary N) is 1. The Kier molecular flexibility index (Phi) is 13.0. The molecule has 3 heteroatoms. The standard InChI is InChI=1S/C14H28N2O/c1-3-5-8-14(4-2)13-17-12-7-11-16-10-6-9-15/h14,16H,3-8,10-13H2,1-2H3. The molecule has 0 saturated heterocycles. The third-order valence-electron chi connectivity index (χ3n) is 2.95. The van der Waals surface area contributed by atoms with Crippen LogP contribution in [-0.4, -0.2) is 26.3 Å². The predicted octanol–water partition coefficient (Wildman–Crippen LogP) is 3.11. The summed E-state index contributed by atoms with van der Waals surface area (Å²) < 4.78 is 5.69. The fraction of sp³-hybridized carbons (Fsp3) is 0.929. The van der Waals surface area contributed by atoms with Crippen LogP contribution < -0.4 is 5.32 Å². The van der Waals surface area contributed by atoms with Crippen LogP contribution in [0.15, 0.2) is 0 Å². The normalized spacial score (nSPS) is 12.3. The largest absolute Gasteiger partial charge is 0.381 e. The van der Waals surface area contributed by atoms with Crippen molar-refractivity contribution in [2.45, 2.75) is 52.4 Å². The van der Waals surface area contributed by atoms with Crippen molar-refractivity contribution in [2.24, 2.45) is 5.92 Å². The summed E-state index contributed by atoms with van der Waals surface area (Å²) in [6.45, 7) is 7.97. The van der Waals surface area contributed by atoms with Crippen LogP contribution in [0.5, 0.6) is 0 Å². The average Bonchev–Trinajstić information content (AvgIpc) is 2.36. The van der Waals surface area contributed by atoms with Crippen molar-refractivity contribution in [1.29, 1.82) is 5.26 Å². The van der Waals surface area contributed by atoms with E-state index < -0.39 is 0 Å². The van der Waals surface area contributed by atoms with Gasteiger partial charge in [0.25, 0.3) is 0 Å². The van der Waals surface area contributed by atoms with Crippen LogP contribution in [0.25, 0.3) is 0 Å². The summed E-state index contributed by atoms with van der Waals surface area (Å²) in [6, 6.07) is 2.12. The minimum absolute atomic E-state index is 0.593. The highest BCUT2D eigenvalue weighted by atomic mass is 16.5. The van der Waals surface area contributed by atoms with E-state index >= 15 is 0 Å². The molecule has 0 aromatic rings. The van der Waals surface area contributed by atoms with Crippen molar-refractivity contribution < 1.29 is 4.74 Å². The Balaban J connectivity index is 3.22. The Morgan fingerprint density at radius 1 is 1.24 bits per heavy atom. The van der Waals surface area contributed by atoms with Gasteiger partial charge in [-0.1, -0.05) is 33.1 Å². The minimum Gasteiger partial charge on any atom is -0.381 e. The summed E-state index contributed by atoms with van der Waals surface area (Å²) in [5, 5.41) is 11.6. The molecule has 0 aromatic carbocycles. The van der Waals surface area contributed by atoms with Crippen LogP contribution in [-0.2, 0) is 4.74 Å². The number of hydrogen-bond acceptors (Lipinski definition) is 3. The fourth-order valence-corrected chi connectivity index (χ4v) is 1.72. The van der Waals surface area contributed by atoms with E-state index in [9.17, 15) is 0 Å². The SMILES string of the molecule is CCCCC(CC)COCCCNCCC#N. The van der Waals surface area contributed by atoms with E-state index in [0.717, 1.165) is 38.6 Å². The van der Waals surface area contributed by atoms with Gasteiger partial charge >= 0.3 is 0 Å². The van der Waals surface area contributed by atoms with E-state index in [1.807, 2.05) is 0 Å². The maximum Gasteiger partial charge on any atom is 0.0635 e. The lowest BCUT2D eigenvalue weighted by atomic mass is 10.0. The lowest BCUT2D eigenvalue weighted by molar-refractivity contribution is 0.0922. The zero-order valence-corrected chi connectivity index (χ0v) is 11.5. The van der Waals surface area contributed by atoms with E-state index in [4.69, 9.17) is 10.00 Å². The summed E-state index contributed by atoms with van der Waals surface area (Å²) in [7, 11) is 0. The number of nitriles is 1. The second-order valence-corrected chi connectivity index (χ2v) is 4.50. The zero-order valence-electron chi connectivity index (χ0n) is 11.5. The van der Waals surface area contributed by atoms with Crippen molar-refractivity contribution in [2.75, 3.05) is 26.3 Å². The fourth-order valence-electron chi connectivity index (χ4n) is 1.72. The van der Waals surface area contributed by atoms with Gasteiger partial charge < -0.3 is 10.1 Å². The van der Waals surface area contributed by atoms with Crippen LogP contribution in [0.3, 0.4) is 0 Å². The molecule has 0 aliphatic rings. The number of nitrogens with zero attached hydrogens (tertiary/aromatic N) is 1. The first-order valence-corrected chi connectivity index (χ1v) is 7.00. The third-order valence-corrected chi connectivity index (χ3v) is 2.95. The quantitative estimate of drug-likeness (QED) is 0.533. The van der Waals surface area contributed by atoms with Gasteiger partial charge in [0.15, 0.2) is 0 Å². The van der Waals surface area contributed by atoms with Crippen LogP contribution in [0.4, 0.5) is 0 Å². The molecule has 0 fully saturated rings. The first-order valence-electron chi connectivity index (χ1n) is 7.00. The van der Waals surface area contributed by atoms with Gasteiger partial charge in [-0.15, -0.1) is 0 Å². The Hall–Kier alpha value is -0.590. The molecule has 0 aromatic heterocycles. The van der Waals surface area contributed by atoms with E-state index in [1.165, 1.54) is 25.7 Å². The second kappa shape index (κ2) is 13.5. The van der Waals surface area contributed by atoms with Crippen molar-refractivity contribution in [3.05, 3.63) is 0 Å². The maximum atomic E-state index is 8.35. The molecule has 0 aliphatic carbocycles. The molecule has 1 unspecified atom stereocenters. The van der Waals surface area contributed by atoms with E-state index in [1.54, 1.807) is 0 Å². The monoisotopic (exact) mass is 240 g/mol. The van der Waals surface area contributed by atoms with Crippen molar-refractivity contribution >= 4 is 0 Å². The summed E-state index contributed by atoms with van der Waals surface area (Å²) in [5.41, 5.74) is 0. The maximum absolute atomic E-state index is 8.35. The predicted molar refractivity (Wildman–Crippen MR) is 71.8 cm³/mol. The molecule has 0 aliphatic heterocycles. The number of ether oxygens (including phenoxy) is 1. The van der Waals surface area contributed by atoms with E-state index in [0.29, 0.717) is 6.42 Å². The van der Waals surface area contributed by atoms with Gasteiger partial charge in [-0.2, -0.15) is 5.26 Å². The highest BCUT2D eigenvalue weighted by Crippen LogP contribution is 2.12. The molecule has 17 heavy (non-hydrogen) atoms. The lowest BCUT2D eigenvalue weighted by Gasteiger charge is -2.14. The first-order chi connectivity index (χ1) is 8.35. The Morgan fingerprint density at radius 2 is 2.06 bits per heavy atom. The van der Waals surface area contributed by atoms with E-state index in [-0.39, 0.29) is 0 Å². The molecule has 0 rings (SSSR count). The molecule has 0 saturated carbocycles.